The molecule has 0 fully saturated rings. The fourth-order valence-electron chi connectivity index (χ4n) is 3.00. The number of fused-ring (bicyclic) bond motifs is 1. The fraction of sp³-hybridized carbons (Fsp3) is 0.143. The van der Waals surface area contributed by atoms with E-state index >= 15 is 0 Å². The molecule has 0 saturated heterocycles. The molecule has 9 heteroatoms. The number of amides is 2. The Morgan fingerprint density at radius 1 is 1.17 bits per heavy atom. The lowest BCUT2D eigenvalue weighted by Gasteiger charge is -2.15. The van der Waals surface area contributed by atoms with Gasteiger partial charge in [-0.1, -0.05) is 6.07 Å². The average molecular weight is 439 g/mol. The number of aromatic nitrogens is 2. The van der Waals surface area contributed by atoms with Gasteiger partial charge in [-0.25, -0.2) is 4.98 Å². The van der Waals surface area contributed by atoms with Crippen LogP contribution >= 0.6 is 22.7 Å². The highest BCUT2D eigenvalue weighted by Gasteiger charge is 2.15. The minimum absolute atomic E-state index is 0.0793. The van der Waals surface area contributed by atoms with Crippen LogP contribution in [0.3, 0.4) is 0 Å². The van der Waals surface area contributed by atoms with Crippen molar-refractivity contribution in [2.75, 3.05) is 17.3 Å². The molecule has 1 aromatic carbocycles. The Morgan fingerprint density at radius 2 is 1.93 bits per heavy atom. The third-order valence-corrected chi connectivity index (χ3v) is 6.46. The Hall–Kier alpha value is -3.30. The van der Waals surface area contributed by atoms with Crippen LogP contribution in [0.1, 0.15) is 6.92 Å². The van der Waals surface area contributed by atoms with Gasteiger partial charge < -0.3 is 10.2 Å². The zero-order chi connectivity index (χ0) is 21.3. The first-order valence-corrected chi connectivity index (χ1v) is 10.8. The minimum Gasteiger partial charge on any atom is -0.325 e. The van der Waals surface area contributed by atoms with Crippen molar-refractivity contribution in [2.24, 2.45) is 0 Å². The quantitative estimate of drug-likeness (QED) is 0.514. The maximum Gasteiger partial charge on any atom is 0.263 e. The summed E-state index contributed by atoms with van der Waals surface area (Å²) in [6, 6.07) is 10.8. The first-order chi connectivity index (χ1) is 14.4. The van der Waals surface area contributed by atoms with Crippen LogP contribution < -0.4 is 15.8 Å². The summed E-state index contributed by atoms with van der Waals surface area (Å²) >= 11 is 2.97. The van der Waals surface area contributed by atoms with E-state index in [2.05, 4.69) is 10.3 Å². The Bertz CT molecular complexity index is 1270. The number of nitrogens with zero attached hydrogens (tertiary/aromatic N) is 3. The Kier molecular flexibility index (Phi) is 5.47. The van der Waals surface area contributed by atoms with Gasteiger partial charge in [-0.2, -0.15) is 0 Å². The molecule has 0 saturated carbocycles. The molecule has 3 heterocycles. The van der Waals surface area contributed by atoms with Crippen LogP contribution in [-0.4, -0.2) is 28.4 Å². The van der Waals surface area contributed by atoms with E-state index in [1.165, 1.54) is 34.1 Å². The molecule has 7 nitrogen and oxygen atoms in total. The second-order valence-corrected chi connectivity index (χ2v) is 8.46. The molecule has 0 aliphatic heterocycles. The van der Waals surface area contributed by atoms with Crippen molar-refractivity contribution in [3.63, 3.8) is 0 Å². The maximum absolute atomic E-state index is 13.0. The van der Waals surface area contributed by atoms with Gasteiger partial charge in [0.25, 0.3) is 5.56 Å². The molecule has 4 aromatic rings. The predicted molar refractivity (Wildman–Crippen MR) is 121 cm³/mol. The van der Waals surface area contributed by atoms with Crippen LogP contribution in [0.5, 0.6) is 0 Å². The smallest absolute Gasteiger partial charge is 0.263 e. The topological polar surface area (TPSA) is 84.3 Å². The van der Waals surface area contributed by atoms with Gasteiger partial charge in [0, 0.05) is 41.2 Å². The number of nitrogens with one attached hydrogen (secondary N) is 1. The van der Waals surface area contributed by atoms with E-state index in [4.69, 9.17) is 0 Å². The zero-order valence-corrected chi connectivity index (χ0v) is 17.9. The lowest BCUT2D eigenvalue weighted by atomic mass is 10.2. The van der Waals surface area contributed by atoms with Gasteiger partial charge in [0.15, 0.2) is 0 Å². The van der Waals surface area contributed by atoms with Crippen LogP contribution in [0.25, 0.3) is 20.7 Å². The SMILES string of the molecule is CC(=O)N(C)c1ccc(NC(=O)Cn2cnc3scc(-c4cccs4)c3c2=O)cc1. The molecule has 0 spiro atoms. The van der Waals surface area contributed by atoms with Gasteiger partial charge in [-0.05, 0) is 35.7 Å². The average Bonchev–Trinajstić information content (AvgIpc) is 3.40. The van der Waals surface area contributed by atoms with Crippen molar-refractivity contribution in [1.29, 1.82) is 0 Å². The van der Waals surface area contributed by atoms with Gasteiger partial charge in [-0.3, -0.25) is 19.0 Å². The zero-order valence-electron chi connectivity index (χ0n) is 16.3. The lowest BCUT2D eigenvalue weighted by molar-refractivity contribution is -0.117. The van der Waals surface area contributed by atoms with Crippen molar-refractivity contribution in [3.8, 4) is 10.4 Å². The largest absolute Gasteiger partial charge is 0.325 e. The molecule has 2 amide bonds. The fourth-order valence-corrected chi connectivity index (χ4v) is 4.72. The monoisotopic (exact) mass is 438 g/mol. The van der Waals surface area contributed by atoms with E-state index in [-0.39, 0.29) is 23.9 Å². The van der Waals surface area contributed by atoms with Crippen LogP contribution in [0.2, 0.25) is 0 Å². The summed E-state index contributed by atoms with van der Waals surface area (Å²) in [6.45, 7) is 1.34. The Labute approximate surface area is 180 Å². The predicted octanol–water partition coefficient (Wildman–Crippen LogP) is 3.81. The van der Waals surface area contributed by atoms with Crippen LogP contribution in [0.4, 0.5) is 11.4 Å². The Balaban J connectivity index is 1.54. The van der Waals surface area contributed by atoms with E-state index in [0.29, 0.717) is 15.9 Å². The summed E-state index contributed by atoms with van der Waals surface area (Å²) in [4.78, 5) is 44.4. The Morgan fingerprint density at radius 3 is 2.60 bits per heavy atom. The van der Waals surface area contributed by atoms with E-state index in [9.17, 15) is 14.4 Å². The molecular weight excluding hydrogens is 420 g/mol. The highest BCUT2D eigenvalue weighted by molar-refractivity contribution is 7.18. The number of benzene rings is 1. The van der Waals surface area contributed by atoms with Crippen LogP contribution in [-0.2, 0) is 16.1 Å². The molecule has 0 aliphatic carbocycles. The lowest BCUT2D eigenvalue weighted by Crippen LogP contribution is -2.27. The number of rotatable bonds is 5. The number of thiophene rings is 2. The molecule has 0 bridgehead atoms. The summed E-state index contributed by atoms with van der Waals surface area (Å²) in [6.07, 6.45) is 1.41. The molecule has 3 aromatic heterocycles. The molecule has 0 aliphatic rings. The standard InChI is InChI=1S/C21H18N4O3S2/c1-13(26)24(2)15-7-5-14(6-8-15)23-18(27)10-25-12-22-20-19(21(25)28)16(11-30-20)17-4-3-9-29-17/h3-9,11-12H,10H2,1-2H3,(H,23,27). The number of hydrogen-bond acceptors (Lipinski definition) is 6. The number of carbonyl (C=O) groups excluding carboxylic acids is 2. The second kappa shape index (κ2) is 8.21. The van der Waals surface area contributed by atoms with Crippen LogP contribution in [0.15, 0.2) is 58.3 Å². The molecule has 0 atom stereocenters. The molecular formula is C21H18N4O3S2. The summed E-state index contributed by atoms with van der Waals surface area (Å²) in [5, 5.41) is 7.19. The molecule has 0 unspecified atom stereocenters. The van der Waals surface area contributed by atoms with Crippen molar-refractivity contribution < 1.29 is 9.59 Å². The summed E-state index contributed by atoms with van der Waals surface area (Å²) in [5.74, 6) is -0.414. The molecule has 152 valence electrons. The first-order valence-electron chi connectivity index (χ1n) is 9.09. The van der Waals surface area contributed by atoms with Gasteiger partial charge in [-0.15, -0.1) is 22.7 Å². The van der Waals surface area contributed by atoms with Gasteiger partial charge in [0.05, 0.1) is 11.7 Å². The molecule has 4 rings (SSSR count). The summed E-state index contributed by atoms with van der Waals surface area (Å²) < 4.78 is 1.32. The highest BCUT2D eigenvalue weighted by Crippen LogP contribution is 2.33. The second-order valence-electron chi connectivity index (χ2n) is 6.66. The molecule has 30 heavy (non-hydrogen) atoms. The molecule has 0 radical (unpaired) electrons. The normalized spacial score (nSPS) is 10.9. The van der Waals surface area contributed by atoms with Crippen LogP contribution in [0, 0.1) is 0 Å². The van der Waals surface area contributed by atoms with Gasteiger partial charge >= 0.3 is 0 Å². The minimum atomic E-state index is -0.334. The first kappa shape index (κ1) is 20.0. The van der Waals surface area contributed by atoms with E-state index in [0.717, 1.165) is 16.1 Å². The highest BCUT2D eigenvalue weighted by atomic mass is 32.1. The maximum atomic E-state index is 13.0. The third-order valence-electron chi connectivity index (χ3n) is 4.67. The number of carbonyl (C=O) groups is 2. The summed E-state index contributed by atoms with van der Waals surface area (Å²) in [5.41, 5.74) is 1.92. The van der Waals surface area contributed by atoms with E-state index in [1.54, 1.807) is 42.6 Å². The molecule has 1 N–H and O–H groups in total. The van der Waals surface area contributed by atoms with E-state index < -0.39 is 0 Å². The van der Waals surface area contributed by atoms with Gasteiger partial charge in [0.2, 0.25) is 11.8 Å². The van der Waals surface area contributed by atoms with Crippen molar-refractivity contribution in [2.45, 2.75) is 13.5 Å². The number of anilines is 2. The van der Waals surface area contributed by atoms with E-state index in [1.807, 2.05) is 22.9 Å². The van der Waals surface area contributed by atoms with Gasteiger partial charge in [0.1, 0.15) is 11.4 Å². The number of hydrogen-bond donors (Lipinski definition) is 1. The van der Waals surface area contributed by atoms with Crippen molar-refractivity contribution >= 4 is 56.1 Å². The van der Waals surface area contributed by atoms with Crippen molar-refractivity contribution in [1.82, 2.24) is 9.55 Å². The third kappa shape index (κ3) is 3.89. The van der Waals surface area contributed by atoms with Crippen molar-refractivity contribution in [3.05, 3.63) is 63.8 Å². The summed E-state index contributed by atoms with van der Waals surface area (Å²) in [7, 11) is 1.68.